The van der Waals surface area contributed by atoms with E-state index in [1.54, 1.807) is 7.11 Å². The second-order valence-corrected chi connectivity index (χ2v) is 6.68. The first-order chi connectivity index (χ1) is 11.6. The number of methoxy groups -OCH3 is 1. The molecule has 4 unspecified atom stereocenters. The minimum atomic E-state index is -0.908. The summed E-state index contributed by atoms with van der Waals surface area (Å²) in [4.78, 5) is 23.9. The van der Waals surface area contributed by atoms with Gasteiger partial charge in [0.25, 0.3) is 0 Å². The van der Waals surface area contributed by atoms with Crippen molar-refractivity contribution in [3.8, 4) is 5.75 Å². The summed E-state index contributed by atoms with van der Waals surface area (Å²) in [7, 11) is 1.57. The third-order valence-corrected chi connectivity index (χ3v) is 5.15. The lowest BCUT2D eigenvalue weighted by atomic mass is 9.92. The number of hydrogen-bond acceptors (Lipinski definition) is 3. The highest BCUT2D eigenvalue weighted by molar-refractivity contribution is 5.81. The average molecular weight is 329 g/mol. The average Bonchev–Trinajstić information content (AvgIpc) is 3.21. The van der Waals surface area contributed by atoms with Crippen LogP contribution in [0.25, 0.3) is 0 Å². The number of rotatable bonds is 7. The highest BCUT2D eigenvalue weighted by Gasteiger charge is 2.39. The number of fused-ring (bicyclic) bond motifs is 2. The lowest BCUT2D eigenvalue weighted by Crippen LogP contribution is -2.38. The fourth-order valence-corrected chi connectivity index (χ4v) is 3.82. The standard InChI is InChI=1S/C19H23NO4/c1-24-17-5-3-2-4-14(17)10-15(19(22)23)11-20-18(21)16-9-12-6-7-13(16)8-12/h2-7,12-13,15-16H,8-11H2,1H3,(H,20,21)(H,22,23). The molecule has 1 saturated carbocycles. The SMILES string of the molecule is COc1ccccc1CC(CNC(=O)C1CC2C=CC1C2)C(=O)O. The van der Waals surface area contributed by atoms with E-state index in [0.29, 0.717) is 24.0 Å². The van der Waals surface area contributed by atoms with E-state index in [9.17, 15) is 14.7 Å². The minimum absolute atomic E-state index is 0.000654. The van der Waals surface area contributed by atoms with Gasteiger partial charge >= 0.3 is 5.97 Å². The largest absolute Gasteiger partial charge is 0.496 e. The third-order valence-electron chi connectivity index (χ3n) is 5.15. The van der Waals surface area contributed by atoms with Crippen molar-refractivity contribution in [2.75, 3.05) is 13.7 Å². The number of allylic oxidation sites excluding steroid dienone is 2. The number of nitrogens with one attached hydrogen (secondary N) is 1. The van der Waals surface area contributed by atoms with Gasteiger partial charge in [0, 0.05) is 12.5 Å². The molecule has 5 nitrogen and oxygen atoms in total. The molecule has 1 aromatic carbocycles. The number of ether oxygens (including phenoxy) is 1. The molecular formula is C19H23NO4. The molecule has 24 heavy (non-hydrogen) atoms. The van der Waals surface area contributed by atoms with Gasteiger partial charge in [0.1, 0.15) is 5.75 Å². The van der Waals surface area contributed by atoms with Gasteiger partial charge in [-0.1, -0.05) is 30.4 Å². The van der Waals surface area contributed by atoms with E-state index in [-0.39, 0.29) is 18.4 Å². The number of benzene rings is 1. The van der Waals surface area contributed by atoms with Gasteiger partial charge in [0.15, 0.2) is 0 Å². The predicted molar refractivity (Wildman–Crippen MR) is 89.7 cm³/mol. The number of hydrogen-bond donors (Lipinski definition) is 2. The Balaban J connectivity index is 1.59. The summed E-state index contributed by atoms with van der Waals surface area (Å²) in [5, 5.41) is 12.3. The lowest BCUT2D eigenvalue weighted by molar-refractivity contribution is -0.141. The number of carboxylic acid groups (broad SMARTS) is 1. The van der Waals surface area contributed by atoms with Crippen molar-refractivity contribution in [2.45, 2.75) is 19.3 Å². The Bertz CT molecular complexity index is 655. The van der Waals surface area contributed by atoms with E-state index in [1.807, 2.05) is 24.3 Å². The van der Waals surface area contributed by atoms with Gasteiger partial charge in [-0.05, 0) is 42.7 Å². The predicted octanol–water partition coefficient (Wildman–Crippen LogP) is 2.27. The van der Waals surface area contributed by atoms with Crippen molar-refractivity contribution in [1.29, 1.82) is 0 Å². The maximum Gasteiger partial charge on any atom is 0.308 e. The molecule has 0 radical (unpaired) electrons. The Morgan fingerprint density at radius 1 is 1.29 bits per heavy atom. The molecule has 0 aliphatic heterocycles. The summed E-state index contributed by atoms with van der Waals surface area (Å²) in [5.41, 5.74) is 0.838. The van der Waals surface area contributed by atoms with Gasteiger partial charge in [-0.25, -0.2) is 0 Å². The van der Waals surface area contributed by atoms with Crippen LogP contribution >= 0.6 is 0 Å². The minimum Gasteiger partial charge on any atom is -0.496 e. The molecule has 5 heteroatoms. The monoisotopic (exact) mass is 329 g/mol. The first kappa shape index (κ1) is 16.6. The molecule has 4 atom stereocenters. The van der Waals surface area contributed by atoms with Crippen LogP contribution in [0, 0.1) is 23.7 Å². The Kier molecular flexibility index (Phi) is 4.88. The van der Waals surface area contributed by atoms with E-state index in [0.717, 1.165) is 18.4 Å². The topological polar surface area (TPSA) is 75.6 Å². The van der Waals surface area contributed by atoms with Crippen LogP contribution < -0.4 is 10.1 Å². The Morgan fingerprint density at radius 2 is 2.08 bits per heavy atom. The van der Waals surface area contributed by atoms with Crippen molar-refractivity contribution in [1.82, 2.24) is 5.32 Å². The molecule has 2 N–H and O–H groups in total. The van der Waals surface area contributed by atoms with Crippen LogP contribution in [0.5, 0.6) is 5.75 Å². The quantitative estimate of drug-likeness (QED) is 0.753. The van der Waals surface area contributed by atoms with Gasteiger partial charge in [0.2, 0.25) is 5.91 Å². The summed E-state index contributed by atoms with van der Waals surface area (Å²) in [5.74, 6) is -0.0670. The Labute approximate surface area is 141 Å². The third kappa shape index (κ3) is 3.45. The van der Waals surface area contributed by atoms with E-state index < -0.39 is 11.9 Å². The van der Waals surface area contributed by atoms with E-state index in [4.69, 9.17) is 4.74 Å². The van der Waals surface area contributed by atoms with Gasteiger partial charge in [-0.15, -0.1) is 0 Å². The first-order valence-electron chi connectivity index (χ1n) is 8.39. The number of carbonyl (C=O) groups is 2. The Morgan fingerprint density at radius 3 is 2.71 bits per heavy atom. The summed E-state index contributed by atoms with van der Waals surface area (Å²) < 4.78 is 5.28. The molecule has 2 aliphatic carbocycles. The molecule has 0 saturated heterocycles. The smallest absolute Gasteiger partial charge is 0.308 e. The molecule has 2 aliphatic rings. The van der Waals surface area contributed by atoms with Crippen molar-refractivity contribution >= 4 is 11.9 Å². The van der Waals surface area contributed by atoms with E-state index >= 15 is 0 Å². The van der Waals surface area contributed by atoms with Gasteiger partial charge < -0.3 is 15.2 Å². The van der Waals surface area contributed by atoms with Crippen LogP contribution in [0.2, 0.25) is 0 Å². The fourth-order valence-electron chi connectivity index (χ4n) is 3.82. The number of aliphatic carboxylic acids is 1. The molecule has 0 aromatic heterocycles. The normalized spacial score (nSPS) is 25.5. The maximum atomic E-state index is 12.4. The second-order valence-electron chi connectivity index (χ2n) is 6.68. The summed E-state index contributed by atoms with van der Waals surface area (Å²) >= 11 is 0. The molecule has 0 spiro atoms. The maximum absolute atomic E-state index is 12.4. The first-order valence-corrected chi connectivity index (χ1v) is 8.39. The van der Waals surface area contributed by atoms with Gasteiger partial charge in [-0.3, -0.25) is 9.59 Å². The molecule has 1 amide bonds. The van der Waals surface area contributed by atoms with Crippen LogP contribution in [-0.2, 0) is 16.0 Å². The van der Waals surface area contributed by atoms with Crippen molar-refractivity contribution in [3.05, 3.63) is 42.0 Å². The Hall–Kier alpha value is -2.30. The van der Waals surface area contributed by atoms with Crippen LogP contribution in [-0.4, -0.2) is 30.6 Å². The summed E-state index contributed by atoms with van der Waals surface area (Å²) in [6.07, 6.45) is 6.59. The molecule has 0 heterocycles. The fraction of sp³-hybridized carbons (Fsp3) is 0.474. The molecule has 128 valence electrons. The van der Waals surface area contributed by atoms with Gasteiger partial charge in [-0.2, -0.15) is 0 Å². The van der Waals surface area contributed by atoms with Crippen LogP contribution in [0.15, 0.2) is 36.4 Å². The zero-order chi connectivity index (χ0) is 17.1. The molecule has 1 fully saturated rings. The number of carbonyl (C=O) groups excluding carboxylic acids is 1. The van der Waals surface area contributed by atoms with Crippen LogP contribution in [0.1, 0.15) is 18.4 Å². The van der Waals surface area contributed by atoms with Crippen LogP contribution in [0.3, 0.4) is 0 Å². The number of carboxylic acids is 1. The molecule has 3 rings (SSSR count). The van der Waals surface area contributed by atoms with Crippen molar-refractivity contribution in [3.63, 3.8) is 0 Å². The summed E-state index contributed by atoms with van der Waals surface area (Å²) in [6, 6.07) is 7.38. The molecule has 1 aromatic rings. The van der Waals surface area contributed by atoms with E-state index in [1.165, 1.54) is 0 Å². The molecular weight excluding hydrogens is 306 g/mol. The number of para-hydroxylation sites is 1. The van der Waals surface area contributed by atoms with E-state index in [2.05, 4.69) is 17.5 Å². The highest BCUT2D eigenvalue weighted by Crippen LogP contribution is 2.43. The van der Waals surface area contributed by atoms with Gasteiger partial charge in [0.05, 0.1) is 13.0 Å². The van der Waals surface area contributed by atoms with Crippen LogP contribution in [0.4, 0.5) is 0 Å². The zero-order valence-electron chi connectivity index (χ0n) is 13.8. The molecule has 2 bridgehead atoms. The number of amides is 1. The highest BCUT2D eigenvalue weighted by atomic mass is 16.5. The zero-order valence-corrected chi connectivity index (χ0v) is 13.8. The van der Waals surface area contributed by atoms with Crippen molar-refractivity contribution < 1.29 is 19.4 Å². The van der Waals surface area contributed by atoms with Crippen molar-refractivity contribution in [2.24, 2.45) is 23.7 Å². The summed E-state index contributed by atoms with van der Waals surface area (Å²) in [6.45, 7) is 0.143. The second kappa shape index (κ2) is 7.07. The lowest BCUT2D eigenvalue weighted by Gasteiger charge is -2.20.